The third-order valence-corrected chi connectivity index (χ3v) is 5.83. The number of benzene rings is 1. The largest absolute Gasteiger partial charge is 0.606 e. The number of carboxylic acids is 1. The number of thioether (sulfide) groups is 1. The Hall–Kier alpha value is -2.88. The minimum absolute atomic E-state index is 0.00547. The van der Waals surface area contributed by atoms with Gasteiger partial charge in [-0.15, -0.1) is 0 Å². The number of aliphatic carboxylic acids is 1. The number of hydrogen-bond acceptors (Lipinski definition) is 11. The van der Waals surface area contributed by atoms with Gasteiger partial charge in [-0.05, 0) is 31.5 Å². The zero-order valence-electron chi connectivity index (χ0n) is 14.8. The van der Waals surface area contributed by atoms with Crippen molar-refractivity contribution in [1.82, 2.24) is 0 Å². The predicted octanol–water partition coefficient (Wildman–Crippen LogP) is -0.432. The van der Waals surface area contributed by atoms with Crippen LogP contribution < -0.4 is 11.5 Å². The van der Waals surface area contributed by atoms with Crippen molar-refractivity contribution in [1.29, 1.82) is 0 Å². The van der Waals surface area contributed by atoms with Crippen LogP contribution >= 0.6 is 11.8 Å². The highest BCUT2D eigenvalue weighted by Crippen LogP contribution is 2.47. The Labute approximate surface area is 167 Å². The summed E-state index contributed by atoms with van der Waals surface area (Å²) in [6, 6.07) is 3.73. The van der Waals surface area contributed by atoms with Crippen LogP contribution in [0.4, 0.5) is 0 Å². The van der Waals surface area contributed by atoms with Crippen molar-refractivity contribution >= 4 is 17.7 Å². The smallest absolute Gasteiger partial charge is 0.480 e. The van der Waals surface area contributed by atoms with E-state index < -0.39 is 48.3 Å². The highest BCUT2D eigenvalue weighted by atomic mass is 32.2. The molecule has 6 N–H and O–H groups in total. The molecule has 0 amide bonds. The topological polar surface area (TPSA) is 239 Å². The molecule has 0 fully saturated rings. The van der Waals surface area contributed by atoms with Crippen molar-refractivity contribution in [3.8, 4) is 0 Å². The molecule has 0 radical (unpaired) electrons. The van der Waals surface area contributed by atoms with Gasteiger partial charge in [-0.3, -0.25) is 35.1 Å². The van der Waals surface area contributed by atoms with Crippen molar-refractivity contribution in [2.24, 2.45) is 11.5 Å². The molecule has 3 atom stereocenters. The van der Waals surface area contributed by atoms with Gasteiger partial charge in [0.2, 0.25) is 0 Å². The van der Waals surface area contributed by atoms with E-state index in [1.54, 1.807) is 0 Å². The number of nitro groups is 3. The van der Waals surface area contributed by atoms with Crippen LogP contribution in [0.15, 0.2) is 30.3 Å². The van der Waals surface area contributed by atoms with E-state index in [1.807, 2.05) is 0 Å². The third-order valence-electron chi connectivity index (χ3n) is 4.08. The van der Waals surface area contributed by atoms with Gasteiger partial charge in [-0.25, -0.2) is 0 Å². The quantitative estimate of drug-likeness (QED) is 0.186. The highest BCUT2D eigenvalue weighted by Gasteiger charge is 2.84. The molecule has 0 saturated heterocycles. The highest BCUT2D eigenvalue weighted by molar-refractivity contribution is 8.01. The second kappa shape index (κ2) is 9.55. The molecule has 15 heteroatoms. The molecule has 2 unspecified atom stereocenters. The lowest BCUT2D eigenvalue weighted by molar-refractivity contribution is -0.847. The second-order valence-electron chi connectivity index (χ2n) is 5.87. The van der Waals surface area contributed by atoms with Crippen LogP contribution in [0.25, 0.3) is 0 Å². The van der Waals surface area contributed by atoms with E-state index in [4.69, 9.17) is 16.6 Å². The summed E-state index contributed by atoms with van der Waals surface area (Å²) in [7, 11) is 0. The lowest BCUT2D eigenvalue weighted by Gasteiger charge is -2.29. The number of rotatable bonds is 12. The molecule has 0 aliphatic carbocycles. The van der Waals surface area contributed by atoms with Crippen LogP contribution in [0.1, 0.15) is 18.4 Å². The monoisotopic (exact) mass is 433 g/mol. The van der Waals surface area contributed by atoms with E-state index >= 15 is 0 Å². The van der Waals surface area contributed by atoms with Crippen LogP contribution in [-0.4, -0.2) is 53.8 Å². The summed E-state index contributed by atoms with van der Waals surface area (Å²) in [5.74, 6) is -1.63. The van der Waals surface area contributed by atoms with Crippen LogP contribution in [0.3, 0.4) is 0 Å². The van der Waals surface area contributed by atoms with E-state index in [1.165, 1.54) is 18.2 Å². The van der Waals surface area contributed by atoms with E-state index in [9.17, 15) is 40.2 Å². The Morgan fingerprint density at radius 1 is 1.10 bits per heavy atom. The average molecular weight is 433 g/mol. The first-order valence-corrected chi connectivity index (χ1v) is 8.92. The Kier molecular flexibility index (Phi) is 7.96. The van der Waals surface area contributed by atoms with Gasteiger partial charge in [0.05, 0.1) is 10.5 Å². The van der Waals surface area contributed by atoms with Gasteiger partial charge < -0.3 is 21.7 Å². The molecule has 0 aromatic heterocycles. The summed E-state index contributed by atoms with van der Waals surface area (Å²) in [5.41, 5.74) is 6.28. The summed E-state index contributed by atoms with van der Waals surface area (Å²) in [6.45, 7) is 0.00547. The first kappa shape index (κ1) is 24.2. The average Bonchev–Trinajstić information content (AvgIpc) is 2.67. The molecule has 0 aliphatic heterocycles. The van der Waals surface area contributed by atoms with Crippen molar-refractivity contribution in [2.75, 3.05) is 6.54 Å². The standard InChI is InChI=1S/C14H19N5O9S/c15-8-4-7-10(11(16)12(20)21)29-14(18(25)26,19(27)28)13(22,17(23)24)9-5-2-1-3-6-9/h1-3,5-6,10-11,22H,4,7-8,15-16H2,(H,20,21)/t10?,11-,13?/m0/s1. The van der Waals surface area contributed by atoms with E-state index in [0.29, 0.717) is 0 Å². The molecule has 0 spiro atoms. The van der Waals surface area contributed by atoms with Crippen molar-refractivity contribution in [2.45, 2.75) is 34.9 Å². The summed E-state index contributed by atoms with van der Waals surface area (Å²) in [6.07, 6.45) is -0.160. The van der Waals surface area contributed by atoms with Crippen molar-refractivity contribution in [3.05, 3.63) is 66.2 Å². The third kappa shape index (κ3) is 4.42. The van der Waals surface area contributed by atoms with Crippen molar-refractivity contribution in [3.63, 3.8) is 0 Å². The molecule has 0 heterocycles. The van der Waals surface area contributed by atoms with E-state index in [-0.39, 0.29) is 31.1 Å². The SMILES string of the molecule is NCCCC(SC([N+](=O)[O-])([N+](=O)[O-])C(O)(c1ccccc1)[N+](=O)[O-])[C@H](N)C(=O)O. The maximum atomic E-state index is 11.9. The molecular formula is C14H19N5O9S. The van der Waals surface area contributed by atoms with Gasteiger partial charge in [0.25, 0.3) is 0 Å². The van der Waals surface area contributed by atoms with Gasteiger partial charge in [0.15, 0.2) is 0 Å². The molecular weight excluding hydrogens is 414 g/mol. The van der Waals surface area contributed by atoms with Crippen molar-refractivity contribution < 1.29 is 29.8 Å². The summed E-state index contributed by atoms with van der Waals surface area (Å²) < 4.78 is 0. The fraction of sp³-hybridized carbons (Fsp3) is 0.500. The lowest BCUT2D eigenvalue weighted by atomic mass is 10.00. The van der Waals surface area contributed by atoms with Gasteiger partial charge in [0.1, 0.15) is 15.9 Å². The number of aliphatic hydroxyl groups is 1. The van der Waals surface area contributed by atoms with Crippen LogP contribution in [0, 0.1) is 30.3 Å². The Balaban J connectivity index is 3.75. The number of nitrogens with two attached hydrogens (primary N) is 2. The molecule has 0 bridgehead atoms. The number of hydrogen-bond donors (Lipinski definition) is 4. The maximum absolute atomic E-state index is 11.9. The summed E-state index contributed by atoms with van der Waals surface area (Å²) >= 11 is -0.291. The first-order valence-electron chi connectivity index (χ1n) is 8.04. The molecule has 0 saturated carbocycles. The molecule has 1 rings (SSSR count). The maximum Gasteiger partial charge on any atom is 0.606 e. The van der Waals surface area contributed by atoms with Gasteiger partial charge in [-0.1, -0.05) is 18.2 Å². The lowest BCUT2D eigenvalue weighted by Crippen LogP contribution is -2.65. The van der Waals surface area contributed by atoms with Gasteiger partial charge in [0, 0.05) is 17.0 Å². The number of carbonyl (C=O) groups is 1. The zero-order chi connectivity index (χ0) is 22.4. The summed E-state index contributed by atoms with van der Waals surface area (Å²) in [4.78, 5) is 38.1. The minimum Gasteiger partial charge on any atom is -0.480 e. The van der Waals surface area contributed by atoms with Gasteiger partial charge in [-0.2, -0.15) is 0 Å². The fourth-order valence-electron chi connectivity index (χ4n) is 2.57. The van der Waals surface area contributed by atoms with E-state index in [2.05, 4.69) is 0 Å². The molecule has 29 heavy (non-hydrogen) atoms. The van der Waals surface area contributed by atoms with E-state index in [0.717, 1.165) is 12.1 Å². The zero-order valence-corrected chi connectivity index (χ0v) is 15.6. The fourth-order valence-corrected chi connectivity index (χ4v) is 4.07. The van der Waals surface area contributed by atoms with Crippen LogP contribution in [-0.2, 0) is 10.5 Å². The minimum atomic E-state index is -3.90. The first-order chi connectivity index (χ1) is 13.5. The van der Waals surface area contributed by atoms with Crippen LogP contribution in [0.2, 0.25) is 0 Å². The summed E-state index contributed by atoms with van der Waals surface area (Å²) in [5, 5.41) is 53.9. The van der Waals surface area contributed by atoms with Crippen LogP contribution in [0.5, 0.6) is 0 Å². The molecule has 0 aliphatic rings. The number of nitrogens with zero attached hydrogens (tertiary/aromatic N) is 3. The molecule has 1 aromatic rings. The Morgan fingerprint density at radius 2 is 1.62 bits per heavy atom. The molecule has 14 nitrogen and oxygen atoms in total. The molecule has 1 aromatic carbocycles. The van der Waals surface area contributed by atoms with Gasteiger partial charge >= 0.3 is 16.7 Å². The normalized spacial score (nSPS) is 15.7. The Bertz CT molecular complexity index is 766. The predicted molar refractivity (Wildman–Crippen MR) is 99.3 cm³/mol. The number of carboxylic acid groups (broad SMARTS) is 1. The Morgan fingerprint density at radius 3 is 2.00 bits per heavy atom. The molecule has 160 valence electrons. The second-order valence-corrected chi connectivity index (χ2v) is 7.28.